The number of Topliss-reactive ketones (excluding diaryl/α,β-unsaturated/α-hetero) is 1. The van der Waals surface area contributed by atoms with Crippen LogP contribution in [-0.4, -0.2) is 28.8 Å². The van der Waals surface area contributed by atoms with Gasteiger partial charge in [0, 0.05) is 42.0 Å². The summed E-state index contributed by atoms with van der Waals surface area (Å²) in [6.45, 7) is 3.46. The number of aryl methyl sites for hydroxylation is 1. The Balaban J connectivity index is 1.82. The molecule has 2 heterocycles. The van der Waals surface area contributed by atoms with Gasteiger partial charge in [-0.05, 0) is 53.3 Å². The standard InChI is InChI=1S/C23H23ClN2O2/c1-2-15-12-18-13-17(6-7-21(18)25-23(15)28)22(16-4-3-5-19(24)14-16)26-10-8-20(27)9-11-26/h3-7,12-14,22H,2,8-11H2,1H3,(H,25,28). The van der Waals surface area contributed by atoms with Gasteiger partial charge in [-0.3, -0.25) is 14.5 Å². The van der Waals surface area contributed by atoms with Crippen molar-refractivity contribution < 1.29 is 4.79 Å². The molecule has 1 fully saturated rings. The van der Waals surface area contributed by atoms with E-state index in [1.807, 2.05) is 37.3 Å². The highest BCUT2D eigenvalue weighted by Gasteiger charge is 2.26. The molecular weight excluding hydrogens is 372 g/mol. The van der Waals surface area contributed by atoms with Crippen LogP contribution in [0.25, 0.3) is 10.9 Å². The average Bonchev–Trinajstić information content (AvgIpc) is 2.69. The number of rotatable bonds is 4. The molecule has 3 aromatic rings. The highest BCUT2D eigenvalue weighted by molar-refractivity contribution is 6.30. The first-order chi connectivity index (χ1) is 13.5. The Morgan fingerprint density at radius 3 is 2.50 bits per heavy atom. The Labute approximate surface area is 169 Å². The summed E-state index contributed by atoms with van der Waals surface area (Å²) in [7, 11) is 0. The summed E-state index contributed by atoms with van der Waals surface area (Å²) in [5.74, 6) is 0.324. The van der Waals surface area contributed by atoms with Crippen LogP contribution in [-0.2, 0) is 11.2 Å². The zero-order chi connectivity index (χ0) is 19.7. The highest BCUT2D eigenvalue weighted by atomic mass is 35.5. The average molecular weight is 395 g/mol. The number of nitrogens with one attached hydrogen (secondary N) is 1. The monoisotopic (exact) mass is 394 g/mol. The lowest BCUT2D eigenvalue weighted by atomic mass is 9.93. The number of aromatic nitrogens is 1. The van der Waals surface area contributed by atoms with Crippen molar-refractivity contribution in [1.82, 2.24) is 9.88 Å². The fourth-order valence-corrected chi connectivity index (χ4v) is 4.22. The van der Waals surface area contributed by atoms with Crippen LogP contribution in [0.4, 0.5) is 0 Å². The SMILES string of the molecule is CCc1cc2cc(C(c3cccc(Cl)c3)N3CCC(=O)CC3)ccc2[nH]c1=O. The Kier molecular flexibility index (Phi) is 5.33. The first-order valence-corrected chi connectivity index (χ1v) is 10.1. The van der Waals surface area contributed by atoms with Crippen LogP contribution >= 0.6 is 11.6 Å². The third-order valence-corrected chi connectivity index (χ3v) is 5.76. The maximum atomic E-state index is 12.1. The molecule has 1 atom stereocenters. The minimum absolute atomic E-state index is 0.0215. The lowest BCUT2D eigenvalue weighted by molar-refractivity contribution is -0.121. The van der Waals surface area contributed by atoms with Crippen molar-refractivity contribution in [1.29, 1.82) is 0 Å². The topological polar surface area (TPSA) is 53.2 Å². The van der Waals surface area contributed by atoms with E-state index in [9.17, 15) is 9.59 Å². The van der Waals surface area contributed by atoms with E-state index in [2.05, 4.69) is 28.1 Å². The smallest absolute Gasteiger partial charge is 0.251 e. The maximum absolute atomic E-state index is 12.1. The van der Waals surface area contributed by atoms with Crippen molar-refractivity contribution in [2.75, 3.05) is 13.1 Å². The van der Waals surface area contributed by atoms with E-state index in [1.54, 1.807) is 0 Å². The van der Waals surface area contributed by atoms with Crippen LogP contribution in [0.5, 0.6) is 0 Å². The Hall–Kier alpha value is -2.43. The van der Waals surface area contributed by atoms with Crippen molar-refractivity contribution in [3.8, 4) is 0 Å². The molecule has 28 heavy (non-hydrogen) atoms. The second kappa shape index (κ2) is 7.90. The molecule has 0 radical (unpaired) electrons. The predicted octanol–water partition coefficient (Wildman–Crippen LogP) is 4.50. The number of hydrogen-bond donors (Lipinski definition) is 1. The second-order valence-corrected chi connectivity index (χ2v) is 7.79. The van der Waals surface area contributed by atoms with Crippen LogP contribution in [0.1, 0.15) is 42.5 Å². The quantitative estimate of drug-likeness (QED) is 0.708. The van der Waals surface area contributed by atoms with Crippen molar-refractivity contribution >= 4 is 28.3 Å². The molecule has 4 nitrogen and oxygen atoms in total. The third kappa shape index (κ3) is 3.75. The van der Waals surface area contributed by atoms with Gasteiger partial charge in [0.25, 0.3) is 5.56 Å². The second-order valence-electron chi connectivity index (χ2n) is 7.36. The van der Waals surface area contributed by atoms with Gasteiger partial charge in [0.1, 0.15) is 5.78 Å². The van der Waals surface area contributed by atoms with Crippen LogP contribution < -0.4 is 5.56 Å². The van der Waals surface area contributed by atoms with Gasteiger partial charge in [0.05, 0.1) is 6.04 Å². The summed E-state index contributed by atoms with van der Waals surface area (Å²) >= 11 is 6.28. The molecule has 5 heteroatoms. The van der Waals surface area contributed by atoms with Gasteiger partial charge in [0.2, 0.25) is 0 Å². The summed E-state index contributed by atoms with van der Waals surface area (Å²) in [5.41, 5.74) is 3.85. The van der Waals surface area contributed by atoms with E-state index in [4.69, 9.17) is 11.6 Å². The van der Waals surface area contributed by atoms with Gasteiger partial charge in [-0.1, -0.05) is 36.7 Å². The number of halogens is 1. The minimum atomic E-state index is -0.0244. The Morgan fingerprint density at radius 1 is 1.04 bits per heavy atom. The molecule has 0 saturated carbocycles. The normalized spacial score (nSPS) is 16.4. The van der Waals surface area contributed by atoms with Gasteiger partial charge >= 0.3 is 0 Å². The van der Waals surface area contributed by atoms with Gasteiger partial charge in [-0.15, -0.1) is 0 Å². The van der Waals surface area contributed by atoms with Gasteiger partial charge in [-0.2, -0.15) is 0 Å². The number of hydrogen-bond acceptors (Lipinski definition) is 3. The number of pyridine rings is 1. The van der Waals surface area contributed by atoms with E-state index in [0.29, 0.717) is 30.1 Å². The maximum Gasteiger partial charge on any atom is 0.251 e. The number of carbonyl (C=O) groups excluding carboxylic acids is 1. The van der Waals surface area contributed by atoms with Crippen LogP contribution in [0.15, 0.2) is 53.3 Å². The molecule has 4 rings (SSSR count). The number of carbonyl (C=O) groups is 1. The Morgan fingerprint density at radius 2 is 1.79 bits per heavy atom. The summed E-state index contributed by atoms with van der Waals surface area (Å²) < 4.78 is 0. The van der Waals surface area contributed by atoms with Gasteiger partial charge < -0.3 is 4.98 Å². The van der Waals surface area contributed by atoms with E-state index in [-0.39, 0.29) is 11.6 Å². The van der Waals surface area contributed by atoms with Crippen LogP contribution in [0.3, 0.4) is 0 Å². The van der Waals surface area contributed by atoms with Crippen LogP contribution in [0.2, 0.25) is 5.02 Å². The molecule has 1 aliphatic rings. The molecule has 1 N–H and O–H groups in total. The fourth-order valence-electron chi connectivity index (χ4n) is 4.03. The van der Waals surface area contributed by atoms with Crippen molar-refractivity contribution in [3.63, 3.8) is 0 Å². The number of likely N-dealkylation sites (tertiary alicyclic amines) is 1. The first kappa shape index (κ1) is 18.9. The molecule has 1 aliphatic heterocycles. The molecule has 2 aromatic carbocycles. The molecule has 0 bridgehead atoms. The zero-order valence-electron chi connectivity index (χ0n) is 15.9. The largest absolute Gasteiger partial charge is 0.322 e. The summed E-state index contributed by atoms with van der Waals surface area (Å²) in [5, 5.41) is 1.73. The lowest BCUT2D eigenvalue weighted by Crippen LogP contribution is -2.37. The number of benzene rings is 2. The van der Waals surface area contributed by atoms with E-state index >= 15 is 0 Å². The van der Waals surface area contributed by atoms with E-state index in [1.165, 1.54) is 0 Å². The summed E-state index contributed by atoms with van der Waals surface area (Å²) in [6, 6.07) is 16.1. The molecule has 0 amide bonds. The summed E-state index contributed by atoms with van der Waals surface area (Å²) in [4.78, 5) is 29.2. The van der Waals surface area contributed by atoms with E-state index < -0.39 is 0 Å². The fraction of sp³-hybridized carbons (Fsp3) is 0.304. The molecule has 1 unspecified atom stereocenters. The Bertz CT molecular complexity index is 1080. The van der Waals surface area contributed by atoms with Crippen LogP contribution in [0, 0.1) is 0 Å². The first-order valence-electron chi connectivity index (χ1n) is 9.72. The lowest BCUT2D eigenvalue weighted by Gasteiger charge is -2.35. The number of H-pyrrole nitrogens is 1. The molecular formula is C23H23ClN2O2. The molecule has 1 saturated heterocycles. The number of ketones is 1. The highest BCUT2D eigenvalue weighted by Crippen LogP contribution is 2.33. The predicted molar refractivity (Wildman–Crippen MR) is 113 cm³/mol. The van der Waals surface area contributed by atoms with Crippen molar-refractivity contribution in [2.24, 2.45) is 0 Å². The number of aromatic amines is 1. The number of fused-ring (bicyclic) bond motifs is 1. The molecule has 0 aliphatic carbocycles. The van der Waals surface area contributed by atoms with Gasteiger partial charge in [0.15, 0.2) is 0 Å². The molecule has 1 aromatic heterocycles. The zero-order valence-corrected chi connectivity index (χ0v) is 16.6. The molecule has 144 valence electrons. The van der Waals surface area contributed by atoms with Gasteiger partial charge in [-0.25, -0.2) is 0 Å². The number of nitrogens with zero attached hydrogens (tertiary/aromatic N) is 1. The number of piperidine rings is 1. The van der Waals surface area contributed by atoms with E-state index in [0.717, 1.165) is 40.7 Å². The third-order valence-electron chi connectivity index (χ3n) is 5.53. The molecule has 0 spiro atoms. The minimum Gasteiger partial charge on any atom is -0.322 e. The van der Waals surface area contributed by atoms with Crippen molar-refractivity contribution in [3.05, 3.63) is 80.6 Å². The summed E-state index contributed by atoms with van der Waals surface area (Å²) in [6.07, 6.45) is 1.86. The van der Waals surface area contributed by atoms with Crippen molar-refractivity contribution in [2.45, 2.75) is 32.2 Å².